The van der Waals surface area contributed by atoms with Crippen molar-refractivity contribution in [3.8, 4) is 0 Å². The Balaban J connectivity index is 0.000000327. The molecule has 21 heavy (non-hydrogen) atoms. The fraction of sp³-hybridized carbons (Fsp3) is 0.533. The van der Waals surface area contributed by atoms with Gasteiger partial charge in [-0.3, -0.25) is 4.79 Å². The van der Waals surface area contributed by atoms with Crippen LogP contribution in [0.1, 0.15) is 31.7 Å². The van der Waals surface area contributed by atoms with Gasteiger partial charge < -0.3 is 11.5 Å². The maximum atomic E-state index is 12.0. The molecule has 0 radical (unpaired) electrons. The highest BCUT2D eigenvalue weighted by molar-refractivity contribution is 5.42. The minimum atomic E-state index is -4.02. The molecule has 0 aliphatic heterocycles. The van der Waals surface area contributed by atoms with E-state index in [-0.39, 0.29) is 32.2 Å². The average Bonchev–Trinajstić information content (AvgIpc) is 3.22. The standard InChI is InChI=1S/C8H10.C6H10F3N.CH3NO/c1-2-8-6-4-3-5-7-8;7-6(8,9)5(1-2-5)3-4-10;2-1-3/h3-7H,2H2,1H3;1-4,10H2;1H,(H2,2,3). The molecular formula is C15H23F3N2O. The van der Waals surface area contributed by atoms with Crippen molar-refractivity contribution in [3.63, 3.8) is 0 Å². The molecule has 1 aromatic carbocycles. The maximum Gasteiger partial charge on any atom is 0.394 e. The quantitative estimate of drug-likeness (QED) is 0.843. The predicted octanol–water partition coefficient (Wildman–Crippen LogP) is 3.03. The maximum absolute atomic E-state index is 12.0. The normalized spacial score (nSPS) is 14.9. The second-order valence-corrected chi connectivity index (χ2v) is 4.79. The molecule has 0 saturated heterocycles. The Kier molecular flexibility index (Phi) is 8.69. The Morgan fingerprint density at radius 3 is 1.90 bits per heavy atom. The van der Waals surface area contributed by atoms with Gasteiger partial charge in [-0.15, -0.1) is 0 Å². The monoisotopic (exact) mass is 304 g/mol. The Hall–Kier alpha value is -1.56. The summed E-state index contributed by atoms with van der Waals surface area (Å²) < 4.78 is 36.1. The highest BCUT2D eigenvalue weighted by Gasteiger charge is 2.62. The van der Waals surface area contributed by atoms with Crippen molar-refractivity contribution in [2.24, 2.45) is 16.9 Å². The third kappa shape index (κ3) is 7.13. The van der Waals surface area contributed by atoms with Gasteiger partial charge in [0.2, 0.25) is 6.41 Å². The van der Waals surface area contributed by atoms with Crippen molar-refractivity contribution in [3.05, 3.63) is 35.9 Å². The molecule has 0 heterocycles. The van der Waals surface area contributed by atoms with Crippen molar-refractivity contribution in [2.45, 2.75) is 38.8 Å². The van der Waals surface area contributed by atoms with Crippen molar-refractivity contribution < 1.29 is 18.0 Å². The molecule has 0 spiro atoms. The highest BCUT2D eigenvalue weighted by atomic mass is 19.4. The van der Waals surface area contributed by atoms with Crippen molar-refractivity contribution in [1.29, 1.82) is 0 Å². The molecule has 2 rings (SSSR count). The number of hydrogen-bond donors (Lipinski definition) is 2. The Labute approximate surface area is 123 Å². The molecule has 1 saturated carbocycles. The number of carbonyl (C=O) groups is 1. The van der Waals surface area contributed by atoms with Gasteiger partial charge in [0.15, 0.2) is 0 Å². The minimum Gasteiger partial charge on any atom is -0.372 e. The summed E-state index contributed by atoms with van der Waals surface area (Å²) in [7, 11) is 0. The van der Waals surface area contributed by atoms with E-state index < -0.39 is 11.6 Å². The van der Waals surface area contributed by atoms with E-state index in [0.717, 1.165) is 6.42 Å². The SMILES string of the molecule is CCc1ccccc1.NC=O.NCCC1(C(F)(F)F)CC1. The van der Waals surface area contributed by atoms with Crippen molar-refractivity contribution in [1.82, 2.24) is 0 Å². The topological polar surface area (TPSA) is 69.1 Å². The van der Waals surface area contributed by atoms with E-state index in [1.165, 1.54) is 5.56 Å². The number of hydrogen-bond acceptors (Lipinski definition) is 2. The van der Waals surface area contributed by atoms with E-state index in [9.17, 15) is 13.2 Å². The zero-order chi connectivity index (χ0) is 16.4. The second-order valence-electron chi connectivity index (χ2n) is 4.79. The Morgan fingerprint density at radius 2 is 1.71 bits per heavy atom. The molecule has 1 aliphatic rings. The molecule has 0 aromatic heterocycles. The first kappa shape index (κ1) is 19.4. The number of primary amides is 1. The van der Waals surface area contributed by atoms with Crippen LogP contribution in [0, 0.1) is 5.41 Å². The summed E-state index contributed by atoms with van der Waals surface area (Å²) in [4.78, 5) is 8.58. The van der Waals surface area contributed by atoms with Gasteiger partial charge in [0.25, 0.3) is 0 Å². The fourth-order valence-electron chi connectivity index (χ4n) is 1.82. The molecule has 1 aromatic rings. The largest absolute Gasteiger partial charge is 0.394 e. The van der Waals surface area contributed by atoms with Gasteiger partial charge >= 0.3 is 6.18 Å². The molecule has 4 N–H and O–H groups in total. The average molecular weight is 304 g/mol. The third-order valence-electron chi connectivity index (χ3n) is 3.33. The van der Waals surface area contributed by atoms with Crippen molar-refractivity contribution >= 4 is 6.41 Å². The highest BCUT2D eigenvalue weighted by Crippen LogP contribution is 2.59. The summed E-state index contributed by atoms with van der Waals surface area (Å²) in [5.41, 5.74) is 9.24. The van der Waals surface area contributed by atoms with Gasteiger partial charge in [0, 0.05) is 0 Å². The zero-order valence-electron chi connectivity index (χ0n) is 12.2. The summed E-state index contributed by atoms with van der Waals surface area (Å²) in [6.45, 7) is 2.30. The fourth-order valence-corrected chi connectivity index (χ4v) is 1.82. The third-order valence-corrected chi connectivity index (χ3v) is 3.33. The van der Waals surface area contributed by atoms with Crippen LogP contribution in [0.15, 0.2) is 30.3 Å². The van der Waals surface area contributed by atoms with Gasteiger partial charge in [0.05, 0.1) is 5.41 Å². The van der Waals surface area contributed by atoms with E-state index in [0.29, 0.717) is 0 Å². The van der Waals surface area contributed by atoms with Crippen LogP contribution in [0.5, 0.6) is 0 Å². The number of aryl methyl sites for hydroxylation is 1. The lowest BCUT2D eigenvalue weighted by molar-refractivity contribution is -0.188. The van der Waals surface area contributed by atoms with E-state index in [1.807, 2.05) is 6.07 Å². The minimum absolute atomic E-state index is 0.0938. The van der Waals surface area contributed by atoms with Gasteiger partial charge in [-0.2, -0.15) is 13.2 Å². The van der Waals surface area contributed by atoms with Crippen LogP contribution >= 0.6 is 0 Å². The lowest BCUT2D eigenvalue weighted by Gasteiger charge is -2.17. The van der Waals surface area contributed by atoms with Crippen LogP contribution < -0.4 is 11.5 Å². The van der Waals surface area contributed by atoms with Crippen LogP contribution in [-0.2, 0) is 11.2 Å². The smallest absolute Gasteiger partial charge is 0.372 e. The summed E-state index contributed by atoms with van der Waals surface area (Å²) >= 11 is 0. The summed E-state index contributed by atoms with van der Waals surface area (Å²) in [6.07, 6.45) is -1.99. The lowest BCUT2D eigenvalue weighted by atomic mass is 10.0. The van der Waals surface area contributed by atoms with Gasteiger partial charge in [-0.25, -0.2) is 0 Å². The predicted molar refractivity (Wildman–Crippen MR) is 77.5 cm³/mol. The first-order chi connectivity index (χ1) is 9.86. The Morgan fingerprint density at radius 1 is 1.24 bits per heavy atom. The molecule has 3 nitrogen and oxygen atoms in total. The molecule has 1 fully saturated rings. The number of amides is 1. The molecule has 120 valence electrons. The number of halogens is 3. The number of rotatable bonds is 3. The first-order valence-corrected chi connectivity index (χ1v) is 6.83. The number of benzene rings is 1. The lowest BCUT2D eigenvalue weighted by Crippen LogP contribution is -2.26. The molecule has 0 unspecified atom stereocenters. The molecule has 1 aliphatic carbocycles. The van der Waals surface area contributed by atoms with Gasteiger partial charge in [-0.1, -0.05) is 37.3 Å². The van der Waals surface area contributed by atoms with E-state index >= 15 is 0 Å². The van der Waals surface area contributed by atoms with E-state index in [1.54, 1.807) is 0 Å². The molecule has 0 bridgehead atoms. The summed E-state index contributed by atoms with van der Waals surface area (Å²) in [5.74, 6) is 0. The number of carbonyl (C=O) groups excluding carboxylic acids is 1. The molecule has 0 atom stereocenters. The number of alkyl halides is 3. The number of nitrogens with two attached hydrogens (primary N) is 2. The zero-order valence-corrected chi connectivity index (χ0v) is 12.2. The summed E-state index contributed by atoms with van der Waals surface area (Å²) in [6, 6.07) is 10.5. The second kappa shape index (κ2) is 9.39. The van der Waals surface area contributed by atoms with Crippen LogP contribution in [-0.4, -0.2) is 19.1 Å². The Bertz CT molecular complexity index is 390. The van der Waals surface area contributed by atoms with E-state index in [4.69, 9.17) is 10.5 Å². The van der Waals surface area contributed by atoms with Crippen molar-refractivity contribution in [2.75, 3.05) is 6.54 Å². The van der Waals surface area contributed by atoms with Crippen LogP contribution in [0.3, 0.4) is 0 Å². The molecule has 1 amide bonds. The van der Waals surface area contributed by atoms with Crippen LogP contribution in [0.2, 0.25) is 0 Å². The van der Waals surface area contributed by atoms with E-state index in [2.05, 4.69) is 36.9 Å². The van der Waals surface area contributed by atoms with Crippen LogP contribution in [0.4, 0.5) is 13.2 Å². The summed E-state index contributed by atoms with van der Waals surface area (Å²) in [5, 5.41) is 0. The molecular weight excluding hydrogens is 281 g/mol. The van der Waals surface area contributed by atoms with Gasteiger partial charge in [0.1, 0.15) is 0 Å². The first-order valence-electron chi connectivity index (χ1n) is 6.83. The van der Waals surface area contributed by atoms with Crippen LogP contribution in [0.25, 0.3) is 0 Å². The van der Waals surface area contributed by atoms with Gasteiger partial charge in [-0.05, 0) is 37.8 Å². The molecule has 6 heteroatoms.